The Morgan fingerprint density at radius 3 is 2.80 bits per heavy atom. The maximum atomic E-state index is 13.1. The third kappa shape index (κ3) is 3.04. The van der Waals surface area contributed by atoms with Gasteiger partial charge in [-0.1, -0.05) is 30.3 Å². The number of likely N-dealkylation sites (tertiary alicyclic amines) is 1. The fourth-order valence-corrected chi connectivity index (χ4v) is 4.47. The lowest BCUT2D eigenvalue weighted by atomic mass is 10.0. The molecular weight excluding hydrogens is 332 g/mol. The van der Waals surface area contributed by atoms with Gasteiger partial charge in [-0.25, -0.2) is 0 Å². The summed E-state index contributed by atoms with van der Waals surface area (Å²) < 4.78 is 0. The number of amides is 2. The highest BCUT2D eigenvalue weighted by molar-refractivity contribution is 8.00. The fourth-order valence-electron chi connectivity index (χ4n) is 3.54. The number of nitrogens with one attached hydrogen (secondary N) is 1. The van der Waals surface area contributed by atoms with Crippen molar-refractivity contribution in [3.63, 3.8) is 0 Å². The standard InChI is InChI=1S/C20H20N2O2S/c1-13-19(23)21-16-12-15(9-10-18(16)25-13)20(24)22-11-5-8-17(22)14-6-3-2-4-7-14/h2-4,6-7,9-10,12-13,17H,5,8,11H2,1H3,(H,21,23)/t13-,17+/m1/s1. The molecule has 25 heavy (non-hydrogen) atoms. The van der Waals surface area contributed by atoms with Crippen molar-refractivity contribution in [2.24, 2.45) is 0 Å². The Bertz CT molecular complexity index is 822. The van der Waals surface area contributed by atoms with Crippen molar-refractivity contribution in [2.75, 3.05) is 11.9 Å². The van der Waals surface area contributed by atoms with E-state index in [1.807, 2.05) is 48.2 Å². The zero-order valence-corrected chi connectivity index (χ0v) is 14.9. The molecule has 5 heteroatoms. The number of rotatable bonds is 2. The van der Waals surface area contributed by atoms with E-state index in [4.69, 9.17) is 0 Å². The number of anilines is 1. The Morgan fingerprint density at radius 2 is 2.00 bits per heavy atom. The normalized spacial score (nSPS) is 22.4. The molecule has 1 fully saturated rings. The van der Waals surface area contributed by atoms with Gasteiger partial charge in [0.2, 0.25) is 5.91 Å². The lowest BCUT2D eigenvalue weighted by Gasteiger charge is -2.26. The lowest BCUT2D eigenvalue weighted by Crippen LogP contribution is -2.31. The summed E-state index contributed by atoms with van der Waals surface area (Å²) in [4.78, 5) is 27.9. The summed E-state index contributed by atoms with van der Waals surface area (Å²) in [5.41, 5.74) is 2.57. The fraction of sp³-hybridized carbons (Fsp3) is 0.300. The first kappa shape index (κ1) is 16.2. The van der Waals surface area contributed by atoms with E-state index in [1.54, 1.807) is 0 Å². The van der Waals surface area contributed by atoms with Gasteiger partial charge in [-0.2, -0.15) is 0 Å². The van der Waals surface area contributed by atoms with E-state index in [0.717, 1.165) is 30.0 Å². The molecule has 1 saturated heterocycles. The van der Waals surface area contributed by atoms with Gasteiger partial charge in [0.15, 0.2) is 0 Å². The van der Waals surface area contributed by atoms with Crippen molar-refractivity contribution >= 4 is 29.3 Å². The number of hydrogen-bond acceptors (Lipinski definition) is 3. The van der Waals surface area contributed by atoms with Crippen LogP contribution in [0, 0.1) is 0 Å². The predicted octanol–water partition coefficient (Wildman–Crippen LogP) is 4.10. The largest absolute Gasteiger partial charge is 0.332 e. The average Bonchev–Trinajstić information content (AvgIpc) is 3.12. The topological polar surface area (TPSA) is 49.4 Å². The minimum atomic E-state index is -0.102. The molecule has 0 aliphatic carbocycles. The van der Waals surface area contributed by atoms with Gasteiger partial charge >= 0.3 is 0 Å². The van der Waals surface area contributed by atoms with Gasteiger partial charge in [-0.3, -0.25) is 9.59 Å². The van der Waals surface area contributed by atoms with Crippen LogP contribution in [0.5, 0.6) is 0 Å². The Kier molecular flexibility index (Phi) is 4.25. The first-order valence-corrected chi connectivity index (χ1v) is 9.49. The molecule has 128 valence electrons. The van der Waals surface area contributed by atoms with Crippen LogP contribution < -0.4 is 5.32 Å². The maximum Gasteiger partial charge on any atom is 0.254 e. The van der Waals surface area contributed by atoms with Crippen LogP contribution in [0.25, 0.3) is 0 Å². The molecule has 0 unspecified atom stereocenters. The van der Waals surface area contributed by atoms with E-state index in [-0.39, 0.29) is 23.1 Å². The molecule has 2 aromatic rings. The summed E-state index contributed by atoms with van der Waals surface area (Å²) in [5.74, 6) is 0.0254. The third-order valence-corrected chi connectivity index (χ3v) is 6.03. The highest BCUT2D eigenvalue weighted by Crippen LogP contribution is 2.37. The molecule has 2 heterocycles. The Hall–Kier alpha value is -2.27. The second kappa shape index (κ2) is 6.56. The highest BCUT2D eigenvalue weighted by Gasteiger charge is 2.31. The van der Waals surface area contributed by atoms with Crippen molar-refractivity contribution in [1.29, 1.82) is 0 Å². The molecule has 0 aromatic heterocycles. The molecular formula is C20H20N2O2S. The van der Waals surface area contributed by atoms with Gasteiger partial charge in [-0.15, -0.1) is 11.8 Å². The number of carbonyl (C=O) groups excluding carboxylic acids is 2. The van der Waals surface area contributed by atoms with Crippen molar-refractivity contribution in [1.82, 2.24) is 4.90 Å². The van der Waals surface area contributed by atoms with Crippen LogP contribution in [0.15, 0.2) is 53.4 Å². The molecule has 2 aromatic carbocycles. The summed E-state index contributed by atoms with van der Waals surface area (Å²) in [6.45, 7) is 2.66. The van der Waals surface area contributed by atoms with Crippen LogP contribution in [-0.2, 0) is 4.79 Å². The van der Waals surface area contributed by atoms with Gasteiger partial charge in [0.05, 0.1) is 17.0 Å². The van der Waals surface area contributed by atoms with E-state index < -0.39 is 0 Å². The molecule has 2 atom stereocenters. The van der Waals surface area contributed by atoms with E-state index in [1.165, 1.54) is 17.3 Å². The molecule has 1 N–H and O–H groups in total. The average molecular weight is 352 g/mol. The first-order valence-electron chi connectivity index (χ1n) is 8.61. The SMILES string of the molecule is C[C@H]1Sc2ccc(C(=O)N3CCC[C@H]3c3ccccc3)cc2NC1=O. The van der Waals surface area contributed by atoms with Gasteiger partial charge in [0.25, 0.3) is 5.91 Å². The Balaban J connectivity index is 1.61. The van der Waals surface area contributed by atoms with Crippen LogP contribution in [-0.4, -0.2) is 28.5 Å². The smallest absolute Gasteiger partial charge is 0.254 e. The monoisotopic (exact) mass is 352 g/mol. The Morgan fingerprint density at radius 1 is 1.20 bits per heavy atom. The number of carbonyl (C=O) groups is 2. The molecule has 4 nitrogen and oxygen atoms in total. The summed E-state index contributed by atoms with van der Waals surface area (Å²) in [6, 6.07) is 16.0. The molecule has 2 aliphatic rings. The van der Waals surface area contributed by atoms with Crippen molar-refractivity contribution in [3.05, 3.63) is 59.7 Å². The summed E-state index contributed by atoms with van der Waals surface area (Å²) in [6.07, 6.45) is 2.01. The quantitative estimate of drug-likeness (QED) is 0.885. The van der Waals surface area contributed by atoms with Crippen LogP contribution in [0.1, 0.15) is 41.7 Å². The van der Waals surface area contributed by atoms with E-state index in [9.17, 15) is 9.59 Å². The number of thioether (sulfide) groups is 1. The zero-order valence-electron chi connectivity index (χ0n) is 14.1. The van der Waals surface area contributed by atoms with E-state index >= 15 is 0 Å². The van der Waals surface area contributed by atoms with Gasteiger partial charge in [0, 0.05) is 17.0 Å². The number of benzene rings is 2. The molecule has 0 radical (unpaired) electrons. The highest BCUT2D eigenvalue weighted by atomic mass is 32.2. The van der Waals surface area contributed by atoms with Crippen molar-refractivity contribution < 1.29 is 9.59 Å². The number of fused-ring (bicyclic) bond motifs is 1. The number of nitrogens with zero attached hydrogens (tertiary/aromatic N) is 1. The first-order chi connectivity index (χ1) is 12.1. The zero-order chi connectivity index (χ0) is 17.4. The van der Waals surface area contributed by atoms with Crippen molar-refractivity contribution in [3.8, 4) is 0 Å². The second-order valence-electron chi connectivity index (χ2n) is 6.53. The molecule has 0 spiro atoms. The van der Waals surface area contributed by atoms with Crippen LogP contribution in [0.3, 0.4) is 0 Å². The van der Waals surface area contributed by atoms with Gasteiger partial charge in [-0.05, 0) is 43.5 Å². The molecule has 0 saturated carbocycles. The third-order valence-electron chi connectivity index (χ3n) is 4.86. The minimum absolute atomic E-state index is 0.00886. The number of hydrogen-bond donors (Lipinski definition) is 1. The summed E-state index contributed by atoms with van der Waals surface area (Å²) >= 11 is 1.53. The lowest BCUT2D eigenvalue weighted by molar-refractivity contribution is -0.115. The second-order valence-corrected chi connectivity index (χ2v) is 7.91. The Labute approximate surface area is 151 Å². The predicted molar refractivity (Wildman–Crippen MR) is 99.8 cm³/mol. The molecule has 2 aliphatic heterocycles. The maximum absolute atomic E-state index is 13.1. The van der Waals surface area contributed by atoms with Crippen LogP contribution >= 0.6 is 11.8 Å². The molecule has 2 amide bonds. The van der Waals surface area contributed by atoms with E-state index in [2.05, 4.69) is 17.4 Å². The summed E-state index contributed by atoms with van der Waals surface area (Å²) in [7, 11) is 0. The molecule has 4 rings (SSSR count). The van der Waals surface area contributed by atoms with Crippen LogP contribution in [0.4, 0.5) is 5.69 Å². The van der Waals surface area contributed by atoms with E-state index in [0.29, 0.717) is 5.56 Å². The minimum Gasteiger partial charge on any atom is -0.332 e. The van der Waals surface area contributed by atoms with Gasteiger partial charge < -0.3 is 10.2 Å². The van der Waals surface area contributed by atoms with Crippen molar-refractivity contribution in [2.45, 2.75) is 36.0 Å². The van der Waals surface area contributed by atoms with Crippen LogP contribution in [0.2, 0.25) is 0 Å². The summed E-state index contributed by atoms with van der Waals surface area (Å²) in [5, 5.41) is 2.81. The van der Waals surface area contributed by atoms with Gasteiger partial charge in [0.1, 0.15) is 0 Å². The molecule has 0 bridgehead atoms.